The highest BCUT2D eigenvalue weighted by atomic mass is 19.4. The number of nitrogens with zero attached hydrogens (tertiary/aromatic N) is 4. The Balaban J connectivity index is 0.000000541. The lowest BCUT2D eigenvalue weighted by molar-refractivity contribution is -0.192. The van der Waals surface area contributed by atoms with Crippen LogP contribution in [0.25, 0.3) is 16.9 Å². The molecule has 0 spiro atoms. The van der Waals surface area contributed by atoms with Crippen LogP contribution >= 0.6 is 0 Å². The quantitative estimate of drug-likeness (QED) is 0.274. The molecule has 4 N–H and O–H groups in total. The third-order valence-corrected chi connectivity index (χ3v) is 6.36. The first-order valence-corrected chi connectivity index (χ1v) is 13.0. The summed E-state index contributed by atoms with van der Waals surface area (Å²) in [6, 6.07) is 16.9. The first kappa shape index (κ1) is 30.8. The summed E-state index contributed by atoms with van der Waals surface area (Å²) in [5.74, 6) is -1.94. The fourth-order valence-corrected chi connectivity index (χ4v) is 4.37. The predicted octanol–water partition coefficient (Wildman–Crippen LogP) is 3.86. The number of ether oxygens (including phenoxy) is 1. The number of carboxylic acid groups (broad SMARTS) is 1. The van der Waals surface area contributed by atoms with Gasteiger partial charge >= 0.3 is 12.1 Å². The number of fused-ring (bicyclic) bond motifs is 3. The summed E-state index contributed by atoms with van der Waals surface area (Å²) in [6.07, 6.45) is -1.00. The van der Waals surface area contributed by atoms with Gasteiger partial charge in [-0.25, -0.2) is 9.31 Å². The Morgan fingerprint density at radius 1 is 1.09 bits per heavy atom. The van der Waals surface area contributed by atoms with Gasteiger partial charge in [0.1, 0.15) is 28.4 Å². The minimum absolute atomic E-state index is 0.0386. The standard InChI is InChI=1S/C27H28N6O3.C2HF3O2/c1-31(2)15-6-9-23(34)32-16-14-22-21(17-32)29-27-24(26(28)35)25(30-33(22)27)18-10-12-20(13-11-18)36-19-7-4-3-5-8-19;3-2(4,5)1(6)7/h3-13,29H,14-17H2,1-2H3,(H2,28,35);(H,6,7). The van der Waals surface area contributed by atoms with E-state index in [-0.39, 0.29) is 5.91 Å². The predicted molar refractivity (Wildman–Crippen MR) is 151 cm³/mol. The number of carbonyl (C=O) groups is 3. The normalized spacial score (nSPS) is 13.1. The first-order valence-electron chi connectivity index (χ1n) is 13.0. The number of hydrogen-bond donors (Lipinski definition) is 3. The molecular weight excluding hydrogens is 569 g/mol. The second-order valence-corrected chi connectivity index (χ2v) is 9.82. The van der Waals surface area contributed by atoms with Crippen LogP contribution in [0.3, 0.4) is 0 Å². The van der Waals surface area contributed by atoms with Crippen LogP contribution in [0.5, 0.6) is 11.5 Å². The number of nitrogens with one attached hydrogen (secondary N) is 1. The van der Waals surface area contributed by atoms with Crippen molar-refractivity contribution in [2.45, 2.75) is 19.1 Å². The molecule has 2 aromatic carbocycles. The first-order chi connectivity index (χ1) is 20.3. The average molecular weight is 599 g/mol. The van der Waals surface area contributed by atoms with E-state index >= 15 is 0 Å². The van der Waals surface area contributed by atoms with Gasteiger partial charge in [0.25, 0.3) is 5.91 Å². The second kappa shape index (κ2) is 12.8. The van der Waals surface area contributed by atoms with Crippen LogP contribution in [0.15, 0.2) is 66.7 Å². The highest BCUT2D eigenvalue weighted by molar-refractivity contribution is 6.05. The summed E-state index contributed by atoms with van der Waals surface area (Å²) < 4.78 is 39.4. The molecule has 1 aliphatic rings. The molecule has 0 atom stereocenters. The zero-order valence-electron chi connectivity index (χ0n) is 23.3. The number of benzene rings is 2. The molecule has 0 saturated heterocycles. The molecule has 0 fully saturated rings. The topological polar surface area (TPSA) is 146 Å². The van der Waals surface area contributed by atoms with Gasteiger partial charge in [-0.15, -0.1) is 0 Å². The molecule has 14 heteroatoms. The average Bonchev–Trinajstić information content (AvgIpc) is 3.49. The van der Waals surface area contributed by atoms with E-state index < -0.39 is 18.1 Å². The largest absolute Gasteiger partial charge is 0.490 e. The number of imidazole rings is 1. The molecule has 1 aliphatic heterocycles. The van der Waals surface area contributed by atoms with E-state index in [0.29, 0.717) is 48.7 Å². The van der Waals surface area contributed by atoms with Crippen molar-refractivity contribution in [2.24, 2.45) is 5.73 Å². The molecule has 2 amide bonds. The third kappa shape index (κ3) is 7.40. The number of alkyl halides is 3. The van der Waals surface area contributed by atoms with Gasteiger partial charge < -0.3 is 30.4 Å². The molecular formula is C29H29F3N6O5. The summed E-state index contributed by atoms with van der Waals surface area (Å²) in [5, 5.41) is 11.9. The van der Waals surface area contributed by atoms with Crippen LogP contribution in [-0.4, -0.2) is 80.6 Å². The number of H-pyrrole nitrogens is 1. The van der Waals surface area contributed by atoms with Gasteiger partial charge in [0.15, 0.2) is 0 Å². The number of carboxylic acids is 1. The molecule has 2 aromatic heterocycles. The SMILES string of the molecule is CN(C)CC=CC(=O)N1CCc2c([nH]c3c(C(N)=O)c(-c4ccc(Oc5ccccc5)cc4)nn23)C1.O=C(O)C(F)(F)F. The van der Waals surface area contributed by atoms with Crippen molar-refractivity contribution in [3.63, 3.8) is 0 Å². The third-order valence-electron chi connectivity index (χ3n) is 6.36. The summed E-state index contributed by atoms with van der Waals surface area (Å²) in [6.45, 7) is 1.69. The van der Waals surface area contributed by atoms with E-state index in [1.54, 1.807) is 15.5 Å². The molecule has 0 radical (unpaired) electrons. The van der Waals surface area contributed by atoms with Crippen molar-refractivity contribution in [2.75, 3.05) is 27.2 Å². The zero-order chi connectivity index (χ0) is 31.3. The Morgan fingerprint density at radius 3 is 2.30 bits per heavy atom. The Kier molecular flexibility index (Phi) is 9.19. The summed E-state index contributed by atoms with van der Waals surface area (Å²) in [4.78, 5) is 41.1. The van der Waals surface area contributed by atoms with Crippen molar-refractivity contribution in [1.82, 2.24) is 24.4 Å². The number of carbonyl (C=O) groups excluding carboxylic acids is 2. The molecule has 0 aliphatic carbocycles. The monoisotopic (exact) mass is 598 g/mol. The molecule has 4 aromatic rings. The number of primary amides is 1. The van der Waals surface area contributed by atoms with Gasteiger partial charge in [-0.1, -0.05) is 24.3 Å². The number of hydrogen-bond acceptors (Lipinski definition) is 6. The van der Waals surface area contributed by atoms with E-state index in [1.165, 1.54) is 0 Å². The number of likely N-dealkylation sites (N-methyl/N-ethyl adjacent to an activating group) is 1. The van der Waals surface area contributed by atoms with Crippen LogP contribution in [0, 0.1) is 0 Å². The van der Waals surface area contributed by atoms with Gasteiger partial charge in [0.05, 0.1) is 17.9 Å². The molecule has 43 heavy (non-hydrogen) atoms. The van der Waals surface area contributed by atoms with Crippen LogP contribution < -0.4 is 10.5 Å². The van der Waals surface area contributed by atoms with Crippen molar-refractivity contribution >= 4 is 23.4 Å². The molecule has 0 saturated carbocycles. The maximum Gasteiger partial charge on any atom is 0.490 e. The van der Waals surface area contributed by atoms with E-state index in [1.807, 2.05) is 79.7 Å². The molecule has 0 unspecified atom stereocenters. The van der Waals surface area contributed by atoms with Gasteiger partial charge in [0, 0.05) is 31.1 Å². The maximum atomic E-state index is 12.6. The number of para-hydroxylation sites is 1. The molecule has 3 heterocycles. The summed E-state index contributed by atoms with van der Waals surface area (Å²) >= 11 is 0. The lowest BCUT2D eigenvalue weighted by atomic mass is 10.1. The zero-order valence-corrected chi connectivity index (χ0v) is 23.3. The lowest BCUT2D eigenvalue weighted by Gasteiger charge is -2.25. The molecule has 226 valence electrons. The van der Waals surface area contributed by atoms with Gasteiger partial charge in [-0.2, -0.15) is 18.3 Å². The Labute approximate surface area is 243 Å². The van der Waals surface area contributed by atoms with Crippen molar-refractivity contribution in [1.29, 1.82) is 0 Å². The van der Waals surface area contributed by atoms with Gasteiger partial charge in [-0.3, -0.25) is 9.59 Å². The number of nitrogens with two attached hydrogens (primary N) is 1. The van der Waals surface area contributed by atoms with E-state index in [9.17, 15) is 22.8 Å². The van der Waals surface area contributed by atoms with Crippen LogP contribution in [0.1, 0.15) is 21.7 Å². The van der Waals surface area contributed by atoms with Crippen molar-refractivity contribution < 1.29 is 37.4 Å². The lowest BCUT2D eigenvalue weighted by Crippen LogP contribution is -2.35. The number of halogens is 3. The van der Waals surface area contributed by atoms with Gasteiger partial charge in [0.2, 0.25) is 5.91 Å². The van der Waals surface area contributed by atoms with E-state index in [4.69, 9.17) is 25.5 Å². The summed E-state index contributed by atoms with van der Waals surface area (Å²) in [7, 11) is 3.91. The highest BCUT2D eigenvalue weighted by Crippen LogP contribution is 2.31. The number of rotatable bonds is 7. The highest BCUT2D eigenvalue weighted by Gasteiger charge is 2.38. The Bertz CT molecular complexity index is 1640. The van der Waals surface area contributed by atoms with Gasteiger partial charge in [-0.05, 0) is 50.5 Å². The summed E-state index contributed by atoms with van der Waals surface area (Å²) in [5.41, 5.74) is 9.74. The van der Waals surface area contributed by atoms with Crippen molar-refractivity contribution in [3.05, 3.63) is 83.7 Å². The van der Waals surface area contributed by atoms with E-state index in [2.05, 4.69) is 4.98 Å². The smallest absolute Gasteiger partial charge is 0.475 e. The fourth-order valence-electron chi connectivity index (χ4n) is 4.37. The van der Waals surface area contributed by atoms with Crippen LogP contribution in [0.2, 0.25) is 0 Å². The van der Waals surface area contributed by atoms with Crippen molar-refractivity contribution in [3.8, 4) is 22.8 Å². The minimum Gasteiger partial charge on any atom is -0.475 e. The molecule has 11 nitrogen and oxygen atoms in total. The fraction of sp³-hybridized carbons (Fsp3) is 0.241. The van der Waals surface area contributed by atoms with Crippen LogP contribution in [-0.2, 0) is 22.6 Å². The molecule has 5 rings (SSSR count). The number of aromatic nitrogens is 3. The Morgan fingerprint density at radius 2 is 1.72 bits per heavy atom. The maximum absolute atomic E-state index is 12.6. The Hall–Kier alpha value is -5.11. The number of aromatic amines is 1. The second-order valence-electron chi connectivity index (χ2n) is 9.82. The molecule has 0 bridgehead atoms. The number of amides is 2. The van der Waals surface area contributed by atoms with Crippen LogP contribution in [0.4, 0.5) is 13.2 Å². The van der Waals surface area contributed by atoms with E-state index in [0.717, 1.165) is 22.7 Å². The number of aliphatic carboxylic acids is 1. The minimum atomic E-state index is -5.08.